The molecule has 0 aromatic rings. The minimum Gasteiger partial charge on any atom is -0.444 e. The van der Waals surface area contributed by atoms with Gasteiger partial charge >= 0.3 is 12.2 Å². The van der Waals surface area contributed by atoms with Crippen molar-refractivity contribution in [1.82, 2.24) is 9.80 Å². The van der Waals surface area contributed by atoms with Crippen molar-refractivity contribution in [3.8, 4) is 0 Å². The third-order valence-corrected chi connectivity index (χ3v) is 4.62. The van der Waals surface area contributed by atoms with Crippen molar-refractivity contribution in [2.24, 2.45) is 11.8 Å². The first-order chi connectivity index (χ1) is 11.9. The first kappa shape index (κ1) is 20.5. The molecular weight excluding hydrogens is 336 g/mol. The lowest BCUT2D eigenvalue weighted by molar-refractivity contribution is -0.132. The van der Waals surface area contributed by atoms with E-state index in [9.17, 15) is 14.4 Å². The second-order valence-corrected chi connectivity index (χ2v) is 9.17. The van der Waals surface area contributed by atoms with Gasteiger partial charge in [0, 0.05) is 25.6 Å². The average molecular weight is 368 g/mol. The largest absolute Gasteiger partial charge is 0.444 e. The molecular formula is C19H32N2O5. The van der Waals surface area contributed by atoms with Crippen LogP contribution in [0, 0.1) is 11.8 Å². The molecule has 2 fully saturated rings. The normalized spacial score (nSPS) is 22.5. The number of carbonyl (C=O) groups is 3. The Kier molecular flexibility index (Phi) is 5.88. The molecule has 0 aromatic heterocycles. The number of piperidine rings is 1. The van der Waals surface area contributed by atoms with Gasteiger partial charge in [0.15, 0.2) is 0 Å². The summed E-state index contributed by atoms with van der Waals surface area (Å²) < 4.78 is 10.7. The van der Waals surface area contributed by atoms with E-state index < -0.39 is 17.3 Å². The van der Waals surface area contributed by atoms with Gasteiger partial charge < -0.3 is 14.4 Å². The van der Waals surface area contributed by atoms with Gasteiger partial charge in [-0.25, -0.2) is 14.5 Å². The molecule has 0 aliphatic carbocycles. The van der Waals surface area contributed by atoms with Crippen molar-refractivity contribution in [2.75, 3.05) is 19.6 Å². The molecule has 26 heavy (non-hydrogen) atoms. The summed E-state index contributed by atoms with van der Waals surface area (Å²) in [5, 5.41) is 0. The van der Waals surface area contributed by atoms with Crippen LogP contribution in [-0.4, -0.2) is 58.7 Å². The zero-order chi connectivity index (χ0) is 19.7. The van der Waals surface area contributed by atoms with Crippen LogP contribution in [0.1, 0.15) is 60.8 Å². The molecule has 0 saturated carbocycles. The summed E-state index contributed by atoms with van der Waals surface area (Å²) >= 11 is 0. The van der Waals surface area contributed by atoms with Gasteiger partial charge in [0.25, 0.3) is 0 Å². The third kappa shape index (κ3) is 5.35. The molecule has 0 unspecified atom stereocenters. The fraction of sp³-hybridized carbons (Fsp3) is 0.842. The van der Waals surface area contributed by atoms with Crippen LogP contribution in [-0.2, 0) is 14.3 Å². The lowest BCUT2D eigenvalue weighted by Gasteiger charge is -2.35. The van der Waals surface area contributed by atoms with E-state index in [1.165, 1.54) is 4.90 Å². The predicted octanol–water partition coefficient (Wildman–Crippen LogP) is 3.42. The molecule has 0 spiro atoms. The van der Waals surface area contributed by atoms with Crippen molar-refractivity contribution < 1.29 is 23.9 Å². The van der Waals surface area contributed by atoms with E-state index >= 15 is 0 Å². The number of ether oxygens (including phenoxy) is 2. The maximum Gasteiger partial charge on any atom is 0.417 e. The Balaban J connectivity index is 1.87. The third-order valence-electron chi connectivity index (χ3n) is 4.62. The molecule has 0 aromatic carbocycles. The molecule has 2 heterocycles. The molecule has 1 atom stereocenters. The number of likely N-dealkylation sites (tertiary alicyclic amines) is 2. The van der Waals surface area contributed by atoms with Crippen LogP contribution in [0.5, 0.6) is 0 Å². The highest BCUT2D eigenvalue weighted by Crippen LogP contribution is 2.33. The highest BCUT2D eigenvalue weighted by atomic mass is 16.6. The summed E-state index contributed by atoms with van der Waals surface area (Å²) in [4.78, 5) is 39.9. The van der Waals surface area contributed by atoms with Crippen LogP contribution in [0.3, 0.4) is 0 Å². The smallest absolute Gasteiger partial charge is 0.417 e. The monoisotopic (exact) mass is 368 g/mol. The Labute approximate surface area is 156 Å². The predicted molar refractivity (Wildman–Crippen MR) is 96.6 cm³/mol. The first-order valence-electron chi connectivity index (χ1n) is 9.40. The molecule has 3 amide bonds. The van der Waals surface area contributed by atoms with E-state index in [2.05, 4.69) is 0 Å². The van der Waals surface area contributed by atoms with Gasteiger partial charge in [-0.15, -0.1) is 0 Å². The van der Waals surface area contributed by atoms with Gasteiger partial charge in [0.05, 0.1) is 0 Å². The molecule has 0 N–H and O–H groups in total. The summed E-state index contributed by atoms with van der Waals surface area (Å²) in [5.41, 5.74) is -1.13. The van der Waals surface area contributed by atoms with Crippen molar-refractivity contribution >= 4 is 18.1 Å². The summed E-state index contributed by atoms with van der Waals surface area (Å²) in [6.45, 7) is 12.5. The maximum absolute atomic E-state index is 12.7. The number of carbonyl (C=O) groups excluding carboxylic acids is 3. The number of hydrogen-bond acceptors (Lipinski definition) is 5. The Morgan fingerprint density at radius 2 is 1.35 bits per heavy atom. The highest BCUT2D eigenvalue weighted by molar-refractivity contribution is 5.95. The highest BCUT2D eigenvalue weighted by Gasteiger charge is 2.43. The number of amides is 3. The van der Waals surface area contributed by atoms with Gasteiger partial charge in [-0.2, -0.15) is 0 Å². The van der Waals surface area contributed by atoms with E-state index in [1.807, 2.05) is 20.8 Å². The number of imide groups is 1. The molecule has 2 aliphatic heterocycles. The van der Waals surface area contributed by atoms with Crippen LogP contribution in [0.4, 0.5) is 9.59 Å². The van der Waals surface area contributed by atoms with Crippen LogP contribution < -0.4 is 0 Å². The van der Waals surface area contributed by atoms with E-state index in [4.69, 9.17) is 9.47 Å². The van der Waals surface area contributed by atoms with Gasteiger partial charge in [-0.1, -0.05) is 0 Å². The van der Waals surface area contributed by atoms with E-state index in [0.29, 0.717) is 26.1 Å². The van der Waals surface area contributed by atoms with Gasteiger partial charge in [-0.3, -0.25) is 4.79 Å². The second kappa shape index (κ2) is 7.45. The molecule has 2 aliphatic rings. The Hall–Kier alpha value is -1.79. The van der Waals surface area contributed by atoms with Gasteiger partial charge in [0.1, 0.15) is 11.2 Å². The Morgan fingerprint density at radius 3 is 1.85 bits per heavy atom. The van der Waals surface area contributed by atoms with Crippen LogP contribution >= 0.6 is 0 Å². The fourth-order valence-corrected chi connectivity index (χ4v) is 3.45. The molecule has 0 bridgehead atoms. The van der Waals surface area contributed by atoms with E-state index in [1.54, 1.807) is 25.7 Å². The number of hydrogen-bond donors (Lipinski definition) is 0. The van der Waals surface area contributed by atoms with Crippen molar-refractivity contribution in [1.29, 1.82) is 0 Å². The van der Waals surface area contributed by atoms with Crippen LogP contribution in [0.15, 0.2) is 0 Å². The van der Waals surface area contributed by atoms with Crippen LogP contribution in [0.2, 0.25) is 0 Å². The van der Waals surface area contributed by atoms with Crippen molar-refractivity contribution in [3.63, 3.8) is 0 Å². The summed E-state index contributed by atoms with van der Waals surface area (Å²) in [6.07, 6.45) is 1.30. The van der Waals surface area contributed by atoms with Gasteiger partial charge in [-0.05, 0) is 66.7 Å². The van der Waals surface area contributed by atoms with Crippen LogP contribution in [0.25, 0.3) is 0 Å². The Morgan fingerprint density at radius 1 is 0.846 bits per heavy atom. The lowest BCUT2D eigenvalue weighted by atomic mass is 9.83. The first-order valence-corrected chi connectivity index (χ1v) is 9.40. The van der Waals surface area contributed by atoms with E-state index in [-0.39, 0.29) is 23.8 Å². The summed E-state index contributed by atoms with van der Waals surface area (Å²) in [5.74, 6) is -0.119. The van der Waals surface area contributed by atoms with Crippen molar-refractivity contribution in [3.05, 3.63) is 0 Å². The molecule has 7 heteroatoms. The van der Waals surface area contributed by atoms with Gasteiger partial charge in [0.2, 0.25) is 5.91 Å². The molecule has 2 saturated heterocycles. The quantitative estimate of drug-likeness (QED) is 0.709. The standard InChI is InChI=1S/C19H32N2O5/c1-18(2,3)25-16(23)20-10-7-13(8-11-20)14-9-12-21(15(14)22)17(24)26-19(4,5)6/h13-14H,7-12H2,1-6H3/t14-/m1/s1. The fourth-order valence-electron chi connectivity index (χ4n) is 3.45. The van der Waals surface area contributed by atoms with Crippen molar-refractivity contribution in [2.45, 2.75) is 72.0 Å². The molecule has 2 rings (SSSR count). The lowest BCUT2D eigenvalue weighted by Crippen LogP contribution is -2.44. The SMILES string of the molecule is CC(C)(C)OC(=O)N1CCC([C@H]2CCN(C(=O)OC(C)(C)C)C2=O)CC1. The molecule has 0 radical (unpaired) electrons. The molecule has 148 valence electrons. The maximum atomic E-state index is 12.7. The molecule has 7 nitrogen and oxygen atoms in total. The second-order valence-electron chi connectivity index (χ2n) is 9.17. The average Bonchev–Trinajstić information content (AvgIpc) is 2.85. The Bertz CT molecular complexity index is 553. The zero-order valence-electron chi connectivity index (χ0n) is 16.8. The summed E-state index contributed by atoms with van der Waals surface area (Å²) in [7, 11) is 0. The number of nitrogens with zero attached hydrogens (tertiary/aromatic N) is 2. The summed E-state index contributed by atoms with van der Waals surface area (Å²) in [6, 6.07) is 0. The number of rotatable bonds is 1. The van der Waals surface area contributed by atoms with E-state index in [0.717, 1.165) is 12.8 Å². The topological polar surface area (TPSA) is 76.2 Å². The minimum absolute atomic E-state index is 0.144. The minimum atomic E-state index is -0.617. The zero-order valence-corrected chi connectivity index (χ0v) is 16.8.